The van der Waals surface area contributed by atoms with Crippen molar-refractivity contribution in [2.24, 2.45) is 0 Å². The van der Waals surface area contributed by atoms with Crippen molar-refractivity contribution in [3.8, 4) is 5.75 Å². The van der Waals surface area contributed by atoms with Gasteiger partial charge >= 0.3 is 0 Å². The number of rotatable bonds is 6. The molecule has 0 aromatic heterocycles. The first kappa shape index (κ1) is 17.1. The van der Waals surface area contributed by atoms with E-state index in [1.807, 2.05) is 0 Å². The molecule has 2 aromatic rings. The lowest BCUT2D eigenvalue weighted by atomic mass is 10.3. The van der Waals surface area contributed by atoms with Crippen LogP contribution in [0, 0.1) is 0 Å². The van der Waals surface area contributed by atoms with Crippen LogP contribution < -0.4 is 14.8 Å². The molecule has 122 valence electrons. The molecule has 0 aliphatic rings. The number of carbonyl (C=O) groups is 1. The van der Waals surface area contributed by atoms with Crippen LogP contribution in [0.15, 0.2) is 53.4 Å². The van der Waals surface area contributed by atoms with Gasteiger partial charge in [-0.15, -0.1) is 0 Å². The summed E-state index contributed by atoms with van der Waals surface area (Å²) in [7, 11) is -2.22. The van der Waals surface area contributed by atoms with Gasteiger partial charge in [0.15, 0.2) is 6.61 Å². The van der Waals surface area contributed by atoms with Crippen LogP contribution in [-0.2, 0) is 14.8 Å². The Bertz CT molecular complexity index is 791. The maximum atomic E-state index is 12.3. The Morgan fingerprint density at radius 2 is 1.87 bits per heavy atom. The summed E-state index contributed by atoms with van der Waals surface area (Å²) < 4.78 is 32.2. The first-order valence-corrected chi connectivity index (χ1v) is 8.48. The predicted molar refractivity (Wildman–Crippen MR) is 88.3 cm³/mol. The molecule has 0 saturated carbocycles. The number of sulfonamides is 1. The monoisotopic (exact) mass is 354 g/mol. The van der Waals surface area contributed by atoms with Crippen molar-refractivity contribution >= 4 is 33.2 Å². The second-order valence-electron chi connectivity index (χ2n) is 4.55. The van der Waals surface area contributed by atoms with E-state index >= 15 is 0 Å². The Balaban J connectivity index is 2.09. The van der Waals surface area contributed by atoms with Crippen LogP contribution in [-0.4, -0.2) is 28.0 Å². The molecule has 8 heteroatoms. The molecular weight excluding hydrogens is 340 g/mol. The Morgan fingerprint density at radius 3 is 2.48 bits per heavy atom. The number of hydrogen-bond acceptors (Lipinski definition) is 4. The van der Waals surface area contributed by atoms with Gasteiger partial charge in [0, 0.05) is 12.1 Å². The number of amides is 1. The zero-order valence-electron chi connectivity index (χ0n) is 12.2. The Hall–Kier alpha value is -2.25. The molecule has 0 spiro atoms. The second-order valence-corrected chi connectivity index (χ2v) is 6.67. The van der Waals surface area contributed by atoms with Crippen LogP contribution in [0.5, 0.6) is 5.75 Å². The van der Waals surface area contributed by atoms with Gasteiger partial charge in [-0.2, -0.15) is 0 Å². The normalized spacial score (nSPS) is 10.9. The number of hydrogen-bond donors (Lipinski definition) is 2. The molecule has 2 rings (SSSR count). The highest BCUT2D eigenvalue weighted by molar-refractivity contribution is 7.92. The van der Waals surface area contributed by atoms with Crippen LogP contribution in [0.25, 0.3) is 0 Å². The van der Waals surface area contributed by atoms with Crippen molar-refractivity contribution < 1.29 is 17.9 Å². The summed E-state index contributed by atoms with van der Waals surface area (Å²) in [5.74, 6) is 0.125. The average molecular weight is 355 g/mol. The lowest BCUT2D eigenvalue weighted by Gasteiger charge is -2.09. The fourth-order valence-corrected chi connectivity index (χ4v) is 2.94. The topological polar surface area (TPSA) is 84.5 Å². The van der Waals surface area contributed by atoms with E-state index in [9.17, 15) is 13.2 Å². The second kappa shape index (κ2) is 7.34. The van der Waals surface area contributed by atoms with Crippen LogP contribution >= 0.6 is 11.6 Å². The first-order chi connectivity index (χ1) is 10.9. The zero-order valence-corrected chi connectivity index (χ0v) is 13.8. The molecule has 0 heterocycles. The molecule has 0 aliphatic heterocycles. The standard InChI is InChI=1S/C15H15ClN2O4S/c1-17-15(19)10-22-13-5-7-14(8-6-13)23(20,21)18-12-4-2-3-11(16)9-12/h2-9,18H,10H2,1H3,(H,17,19). The van der Waals surface area contributed by atoms with Gasteiger partial charge in [0.05, 0.1) is 10.6 Å². The van der Waals surface area contributed by atoms with Crippen molar-refractivity contribution in [3.05, 3.63) is 53.6 Å². The third kappa shape index (κ3) is 4.87. The summed E-state index contributed by atoms with van der Waals surface area (Å²) in [6, 6.07) is 12.2. The fraction of sp³-hybridized carbons (Fsp3) is 0.133. The molecule has 0 aliphatic carbocycles. The quantitative estimate of drug-likeness (QED) is 0.833. The van der Waals surface area contributed by atoms with Gasteiger partial charge in [-0.25, -0.2) is 8.42 Å². The molecule has 1 amide bonds. The SMILES string of the molecule is CNC(=O)COc1ccc(S(=O)(=O)Nc2cccc(Cl)c2)cc1. The Labute approximate surface area is 139 Å². The van der Waals surface area contributed by atoms with Crippen LogP contribution in [0.2, 0.25) is 5.02 Å². The Morgan fingerprint density at radius 1 is 1.17 bits per heavy atom. The van der Waals surface area contributed by atoms with E-state index in [2.05, 4.69) is 10.0 Å². The maximum absolute atomic E-state index is 12.3. The molecule has 6 nitrogen and oxygen atoms in total. The third-order valence-corrected chi connectivity index (χ3v) is 4.49. The lowest BCUT2D eigenvalue weighted by molar-refractivity contribution is -0.122. The van der Waals surface area contributed by atoms with E-state index in [1.54, 1.807) is 18.2 Å². The summed E-state index contributed by atoms with van der Waals surface area (Å²) in [5, 5.41) is 2.86. The molecule has 23 heavy (non-hydrogen) atoms. The largest absolute Gasteiger partial charge is 0.484 e. The van der Waals surface area contributed by atoms with Gasteiger partial charge in [-0.05, 0) is 42.5 Å². The first-order valence-electron chi connectivity index (χ1n) is 6.62. The third-order valence-electron chi connectivity index (χ3n) is 2.86. The maximum Gasteiger partial charge on any atom is 0.261 e. The number of nitrogens with one attached hydrogen (secondary N) is 2. The molecule has 0 saturated heterocycles. The highest BCUT2D eigenvalue weighted by Gasteiger charge is 2.14. The van der Waals surface area contributed by atoms with Crippen LogP contribution in [0.4, 0.5) is 5.69 Å². The number of benzene rings is 2. The zero-order chi connectivity index (χ0) is 16.9. The van der Waals surface area contributed by atoms with Crippen LogP contribution in [0.3, 0.4) is 0 Å². The minimum Gasteiger partial charge on any atom is -0.484 e. The highest BCUT2D eigenvalue weighted by atomic mass is 35.5. The number of ether oxygens (including phenoxy) is 1. The molecule has 0 unspecified atom stereocenters. The van der Waals surface area contributed by atoms with Gasteiger partial charge in [-0.3, -0.25) is 9.52 Å². The van der Waals surface area contributed by atoms with Gasteiger partial charge in [0.2, 0.25) is 0 Å². The fourth-order valence-electron chi connectivity index (χ4n) is 1.70. The summed E-state index contributed by atoms with van der Waals surface area (Å²) in [5.41, 5.74) is 0.373. The predicted octanol–water partition coefficient (Wildman–Crippen LogP) is 2.27. The van der Waals surface area contributed by atoms with Crippen molar-refractivity contribution in [2.75, 3.05) is 18.4 Å². The van der Waals surface area contributed by atoms with E-state index in [-0.39, 0.29) is 17.4 Å². The molecule has 0 fully saturated rings. The highest BCUT2D eigenvalue weighted by Crippen LogP contribution is 2.21. The molecule has 0 bridgehead atoms. The van der Waals surface area contributed by atoms with Gasteiger partial charge in [0.1, 0.15) is 5.75 Å². The van der Waals surface area contributed by atoms with Crippen molar-refractivity contribution in [3.63, 3.8) is 0 Å². The minimum atomic E-state index is -3.73. The number of carbonyl (C=O) groups excluding carboxylic acids is 1. The number of likely N-dealkylation sites (N-methyl/N-ethyl adjacent to an activating group) is 1. The van der Waals surface area contributed by atoms with Gasteiger partial charge < -0.3 is 10.1 Å². The smallest absolute Gasteiger partial charge is 0.261 e. The summed E-state index contributed by atoms with van der Waals surface area (Å²) in [4.78, 5) is 11.2. The van der Waals surface area contributed by atoms with E-state index in [0.717, 1.165) is 0 Å². The van der Waals surface area contributed by atoms with Gasteiger partial charge in [-0.1, -0.05) is 17.7 Å². The number of anilines is 1. The van der Waals surface area contributed by atoms with Gasteiger partial charge in [0.25, 0.3) is 15.9 Å². The summed E-state index contributed by atoms with van der Waals surface area (Å²) >= 11 is 5.83. The van der Waals surface area contributed by atoms with Crippen molar-refractivity contribution in [1.29, 1.82) is 0 Å². The van der Waals surface area contributed by atoms with E-state index < -0.39 is 10.0 Å². The molecule has 0 radical (unpaired) electrons. The van der Waals surface area contributed by atoms with Crippen molar-refractivity contribution in [1.82, 2.24) is 5.32 Å². The van der Waals surface area contributed by atoms with Crippen LogP contribution in [0.1, 0.15) is 0 Å². The lowest BCUT2D eigenvalue weighted by Crippen LogP contribution is -2.24. The molecule has 0 atom stereocenters. The van der Waals surface area contributed by atoms with Crippen molar-refractivity contribution in [2.45, 2.75) is 4.90 Å². The molecule has 2 aromatic carbocycles. The van der Waals surface area contributed by atoms with E-state index in [1.165, 1.54) is 37.4 Å². The Kier molecular flexibility index (Phi) is 5.46. The minimum absolute atomic E-state index is 0.0739. The summed E-state index contributed by atoms with van der Waals surface area (Å²) in [6.45, 7) is -0.136. The van der Waals surface area contributed by atoms with E-state index in [0.29, 0.717) is 16.5 Å². The molecule has 2 N–H and O–H groups in total. The summed E-state index contributed by atoms with van der Waals surface area (Å²) in [6.07, 6.45) is 0. The number of halogens is 1. The van der Waals surface area contributed by atoms with E-state index in [4.69, 9.17) is 16.3 Å². The molecular formula is C15H15ClN2O4S. The average Bonchev–Trinajstić information content (AvgIpc) is 2.52.